The number of unbranched alkanes of at least 4 members (excludes halogenated alkanes) is 2. The van der Waals surface area contributed by atoms with Crippen LogP contribution in [0.15, 0.2) is 60.7 Å². The van der Waals surface area contributed by atoms with Gasteiger partial charge in [0.15, 0.2) is 0 Å². The van der Waals surface area contributed by atoms with E-state index in [9.17, 15) is 4.79 Å². The second-order valence-corrected chi connectivity index (χ2v) is 7.12. The summed E-state index contributed by atoms with van der Waals surface area (Å²) >= 11 is 0. The first-order chi connectivity index (χ1) is 14.2. The van der Waals surface area contributed by atoms with E-state index in [1.807, 2.05) is 67.6 Å². The molecule has 2 rings (SSSR count). The zero-order valence-electron chi connectivity index (χ0n) is 18.5. The first-order valence-corrected chi connectivity index (χ1v) is 10.8. The van der Waals surface area contributed by atoms with E-state index in [-0.39, 0.29) is 18.4 Å². The molecule has 0 amide bonds. The van der Waals surface area contributed by atoms with Crippen LogP contribution in [0.2, 0.25) is 0 Å². The predicted molar refractivity (Wildman–Crippen MR) is 125 cm³/mol. The molecular weight excluding hydrogens is 398 g/mol. The summed E-state index contributed by atoms with van der Waals surface area (Å²) in [4.78, 5) is 15.8. The molecule has 5 heteroatoms. The van der Waals surface area contributed by atoms with Gasteiger partial charge < -0.3 is 14.4 Å². The fourth-order valence-electron chi connectivity index (χ4n) is 3.57. The van der Waals surface area contributed by atoms with Gasteiger partial charge >= 0.3 is 5.97 Å². The first kappa shape index (κ1) is 26.2. The fourth-order valence-corrected chi connectivity index (χ4v) is 3.57. The number of carbonyl (C=O) groups excluding carboxylic acids is 1. The molecule has 166 valence electrons. The summed E-state index contributed by atoms with van der Waals surface area (Å²) in [5.74, 6) is -0.360. The fraction of sp³-hybridized carbons (Fsp3) is 0.480. The number of ether oxygens (including phenoxy) is 2. The van der Waals surface area contributed by atoms with Gasteiger partial charge in [-0.1, -0.05) is 87.4 Å². The van der Waals surface area contributed by atoms with Gasteiger partial charge in [-0.2, -0.15) is 0 Å². The molecule has 2 aromatic carbocycles. The van der Waals surface area contributed by atoms with Crippen molar-refractivity contribution >= 4 is 18.4 Å². The van der Waals surface area contributed by atoms with Crippen molar-refractivity contribution in [1.82, 2.24) is 4.90 Å². The van der Waals surface area contributed by atoms with Gasteiger partial charge in [-0.05, 0) is 37.6 Å². The molecule has 0 aliphatic heterocycles. The van der Waals surface area contributed by atoms with Crippen molar-refractivity contribution in [2.75, 3.05) is 32.8 Å². The molecular formula is C25H36ClNO3. The number of esters is 1. The summed E-state index contributed by atoms with van der Waals surface area (Å²) < 4.78 is 11.9. The topological polar surface area (TPSA) is 38.8 Å². The molecule has 0 spiro atoms. The number of carbonyl (C=O) groups is 1. The van der Waals surface area contributed by atoms with Crippen molar-refractivity contribution in [3.63, 3.8) is 0 Å². The molecule has 0 aromatic heterocycles. The van der Waals surface area contributed by atoms with E-state index in [4.69, 9.17) is 9.47 Å². The Morgan fingerprint density at radius 3 is 1.90 bits per heavy atom. The number of likely N-dealkylation sites (N-methyl/N-ethyl adjacent to an activating group) is 1. The number of rotatable bonds is 13. The molecule has 0 bridgehead atoms. The summed E-state index contributed by atoms with van der Waals surface area (Å²) in [5.41, 5.74) is 0.318. The van der Waals surface area contributed by atoms with E-state index < -0.39 is 5.60 Å². The Morgan fingerprint density at radius 1 is 0.867 bits per heavy atom. The lowest BCUT2D eigenvalue weighted by atomic mass is 9.86. The summed E-state index contributed by atoms with van der Waals surface area (Å²) in [6, 6.07) is 19.3. The maximum atomic E-state index is 13.4. The van der Waals surface area contributed by atoms with Gasteiger partial charge in [0.2, 0.25) is 5.60 Å². The third-order valence-corrected chi connectivity index (χ3v) is 5.17. The zero-order valence-corrected chi connectivity index (χ0v) is 19.3. The third-order valence-electron chi connectivity index (χ3n) is 5.17. The number of hydrogen-bond acceptors (Lipinski definition) is 4. The lowest BCUT2D eigenvalue weighted by Gasteiger charge is -2.32. The van der Waals surface area contributed by atoms with Crippen LogP contribution >= 0.6 is 12.4 Å². The molecule has 0 N–H and O–H groups in total. The summed E-state index contributed by atoms with van der Waals surface area (Å²) in [6.07, 6.45) is 3.61. The predicted octanol–water partition coefficient (Wildman–Crippen LogP) is 5.44. The minimum Gasteiger partial charge on any atom is -0.462 e. The minimum absolute atomic E-state index is 0. The Bertz CT molecular complexity index is 669. The van der Waals surface area contributed by atoms with E-state index in [1.54, 1.807) is 0 Å². The van der Waals surface area contributed by atoms with Gasteiger partial charge in [-0.15, -0.1) is 12.4 Å². The highest BCUT2D eigenvalue weighted by Crippen LogP contribution is 2.35. The van der Waals surface area contributed by atoms with Crippen molar-refractivity contribution in [3.05, 3.63) is 71.8 Å². The molecule has 0 saturated carbocycles. The van der Waals surface area contributed by atoms with Gasteiger partial charge in [0.1, 0.15) is 6.61 Å². The molecule has 0 heterocycles. The van der Waals surface area contributed by atoms with Crippen molar-refractivity contribution in [3.8, 4) is 0 Å². The zero-order chi connectivity index (χ0) is 21.0. The minimum atomic E-state index is -1.25. The Kier molecular flexibility index (Phi) is 12.4. The van der Waals surface area contributed by atoms with Gasteiger partial charge in [0, 0.05) is 13.2 Å². The average molecular weight is 434 g/mol. The Morgan fingerprint density at radius 2 is 1.43 bits per heavy atom. The Balaban J connectivity index is 0.00000450. The smallest absolute Gasteiger partial charge is 0.347 e. The van der Waals surface area contributed by atoms with Gasteiger partial charge in [0.05, 0.1) is 0 Å². The molecule has 0 unspecified atom stereocenters. The second kappa shape index (κ2) is 14.2. The van der Waals surface area contributed by atoms with Crippen LogP contribution in [0, 0.1) is 0 Å². The van der Waals surface area contributed by atoms with E-state index in [0.29, 0.717) is 13.2 Å². The van der Waals surface area contributed by atoms with Crippen LogP contribution in [0.4, 0.5) is 0 Å². The van der Waals surface area contributed by atoms with Crippen molar-refractivity contribution in [2.24, 2.45) is 0 Å². The van der Waals surface area contributed by atoms with E-state index in [1.165, 1.54) is 19.3 Å². The number of hydrogen-bond donors (Lipinski definition) is 0. The van der Waals surface area contributed by atoms with E-state index in [0.717, 1.165) is 30.8 Å². The highest BCUT2D eigenvalue weighted by atomic mass is 35.5. The normalized spacial score (nSPS) is 11.2. The molecule has 0 atom stereocenters. The molecule has 0 aliphatic rings. The molecule has 2 aromatic rings. The van der Waals surface area contributed by atoms with Crippen LogP contribution in [0.1, 0.15) is 51.2 Å². The van der Waals surface area contributed by atoms with Crippen molar-refractivity contribution in [2.45, 2.75) is 45.6 Å². The lowest BCUT2D eigenvalue weighted by Crippen LogP contribution is -2.42. The molecule has 0 saturated heterocycles. The van der Waals surface area contributed by atoms with Crippen LogP contribution in [0.5, 0.6) is 0 Å². The standard InChI is InChI=1S/C25H35NO3.ClH/c1-4-7-14-19-26(5-2)20-21-28-24(27)25(29-6-3,22-15-10-8-11-16-22)23-17-12-9-13-18-23;/h8-13,15-18H,4-7,14,19-21H2,1-3H3;1H. The Labute approximate surface area is 188 Å². The third kappa shape index (κ3) is 6.83. The van der Waals surface area contributed by atoms with Crippen molar-refractivity contribution in [1.29, 1.82) is 0 Å². The molecule has 30 heavy (non-hydrogen) atoms. The van der Waals surface area contributed by atoms with Crippen LogP contribution < -0.4 is 0 Å². The number of benzene rings is 2. The van der Waals surface area contributed by atoms with Crippen LogP contribution in [0.3, 0.4) is 0 Å². The highest BCUT2D eigenvalue weighted by Gasteiger charge is 2.44. The lowest BCUT2D eigenvalue weighted by molar-refractivity contribution is -0.168. The SMILES string of the molecule is CCCCCN(CC)CCOC(=O)C(OCC)(c1ccccc1)c1ccccc1.Cl. The van der Waals surface area contributed by atoms with E-state index >= 15 is 0 Å². The van der Waals surface area contributed by atoms with Crippen molar-refractivity contribution < 1.29 is 14.3 Å². The number of nitrogens with zero attached hydrogens (tertiary/aromatic N) is 1. The Hall–Kier alpha value is -1.88. The average Bonchev–Trinajstić information content (AvgIpc) is 2.77. The highest BCUT2D eigenvalue weighted by molar-refractivity contribution is 5.86. The molecule has 0 fully saturated rings. The summed E-state index contributed by atoms with van der Waals surface area (Å²) in [5, 5.41) is 0. The second-order valence-electron chi connectivity index (χ2n) is 7.12. The first-order valence-electron chi connectivity index (χ1n) is 10.8. The monoisotopic (exact) mass is 433 g/mol. The van der Waals surface area contributed by atoms with Gasteiger partial charge in [-0.25, -0.2) is 4.79 Å². The summed E-state index contributed by atoms with van der Waals surface area (Å²) in [6.45, 7) is 9.73. The largest absolute Gasteiger partial charge is 0.462 e. The maximum Gasteiger partial charge on any atom is 0.347 e. The van der Waals surface area contributed by atoms with Crippen LogP contribution in [0.25, 0.3) is 0 Å². The van der Waals surface area contributed by atoms with Gasteiger partial charge in [-0.3, -0.25) is 0 Å². The van der Waals surface area contributed by atoms with Crippen LogP contribution in [-0.4, -0.2) is 43.7 Å². The van der Waals surface area contributed by atoms with Crippen LogP contribution in [-0.2, 0) is 19.9 Å². The number of halogens is 1. The molecule has 0 radical (unpaired) electrons. The van der Waals surface area contributed by atoms with E-state index in [2.05, 4.69) is 18.7 Å². The van der Waals surface area contributed by atoms with Gasteiger partial charge in [0.25, 0.3) is 0 Å². The maximum absolute atomic E-state index is 13.4. The summed E-state index contributed by atoms with van der Waals surface area (Å²) in [7, 11) is 0. The quantitative estimate of drug-likeness (QED) is 0.311. The molecule has 4 nitrogen and oxygen atoms in total. The molecule has 0 aliphatic carbocycles.